The third-order valence-electron chi connectivity index (χ3n) is 2.69. The number of aromatic carboxylic acids is 1. The predicted molar refractivity (Wildman–Crippen MR) is 64.0 cm³/mol. The molecule has 0 saturated carbocycles. The molecule has 21 heavy (non-hydrogen) atoms. The van der Waals surface area contributed by atoms with Crippen molar-refractivity contribution >= 4 is 5.97 Å². The van der Waals surface area contributed by atoms with Crippen LogP contribution in [0.3, 0.4) is 0 Å². The van der Waals surface area contributed by atoms with E-state index in [9.17, 15) is 22.4 Å². The number of carboxylic acid groups (broad SMARTS) is 1. The maximum Gasteiger partial charge on any atom is 0.341 e. The van der Waals surface area contributed by atoms with Crippen LogP contribution < -0.4 is 4.74 Å². The summed E-state index contributed by atoms with van der Waals surface area (Å²) in [7, 11) is 0. The molecule has 0 spiro atoms. The van der Waals surface area contributed by atoms with Crippen molar-refractivity contribution in [3.63, 3.8) is 0 Å². The third kappa shape index (κ3) is 2.81. The first-order valence-corrected chi connectivity index (χ1v) is 5.69. The number of hydrogen-bond acceptors (Lipinski definition) is 2. The predicted octanol–water partition coefficient (Wildman–Crippen LogP) is 3.52. The van der Waals surface area contributed by atoms with Gasteiger partial charge in [0.2, 0.25) is 0 Å². The highest BCUT2D eigenvalue weighted by Gasteiger charge is 2.29. The van der Waals surface area contributed by atoms with Gasteiger partial charge in [-0.05, 0) is 12.1 Å². The fourth-order valence-corrected chi connectivity index (χ4v) is 1.66. The summed E-state index contributed by atoms with van der Waals surface area (Å²) in [6.07, 6.45) is 0. The van der Waals surface area contributed by atoms with Gasteiger partial charge >= 0.3 is 5.97 Å². The SMILES string of the molecule is O=C(O)c1c(F)c(F)c(COc2ccccc2)c(F)c1F. The Hall–Kier alpha value is -2.57. The second kappa shape index (κ2) is 5.82. The van der Waals surface area contributed by atoms with Crippen LogP contribution in [0, 0.1) is 23.3 Å². The van der Waals surface area contributed by atoms with Crippen molar-refractivity contribution in [3.05, 3.63) is 64.7 Å². The van der Waals surface area contributed by atoms with E-state index in [1.54, 1.807) is 18.2 Å². The van der Waals surface area contributed by atoms with Gasteiger partial charge in [0.25, 0.3) is 0 Å². The van der Waals surface area contributed by atoms with Gasteiger partial charge in [-0.25, -0.2) is 22.4 Å². The summed E-state index contributed by atoms with van der Waals surface area (Å²) in [4.78, 5) is 10.6. The van der Waals surface area contributed by atoms with Gasteiger partial charge in [-0.1, -0.05) is 18.2 Å². The zero-order valence-electron chi connectivity index (χ0n) is 10.4. The lowest BCUT2D eigenvalue weighted by molar-refractivity contribution is 0.0683. The minimum absolute atomic E-state index is 0.236. The number of halogens is 4. The lowest BCUT2D eigenvalue weighted by Crippen LogP contribution is -2.14. The molecule has 0 unspecified atom stereocenters. The van der Waals surface area contributed by atoms with Crippen LogP contribution >= 0.6 is 0 Å². The second-order valence-corrected chi connectivity index (χ2v) is 4.02. The Labute approximate surface area is 116 Å². The van der Waals surface area contributed by atoms with Gasteiger partial charge in [0.15, 0.2) is 23.3 Å². The van der Waals surface area contributed by atoms with Crippen molar-refractivity contribution < 1.29 is 32.2 Å². The topological polar surface area (TPSA) is 46.5 Å². The summed E-state index contributed by atoms with van der Waals surface area (Å²) in [5, 5.41) is 8.55. The van der Waals surface area contributed by atoms with E-state index >= 15 is 0 Å². The Morgan fingerprint density at radius 3 is 1.95 bits per heavy atom. The van der Waals surface area contributed by atoms with Crippen molar-refractivity contribution in [2.24, 2.45) is 0 Å². The second-order valence-electron chi connectivity index (χ2n) is 4.02. The van der Waals surface area contributed by atoms with Gasteiger partial charge in [-0.3, -0.25) is 0 Å². The average Bonchev–Trinajstić information content (AvgIpc) is 2.46. The molecule has 0 aliphatic carbocycles. The Balaban J connectivity index is 2.39. The van der Waals surface area contributed by atoms with E-state index in [4.69, 9.17) is 9.84 Å². The number of carbonyl (C=O) groups is 1. The Bertz CT molecular complexity index is 657. The smallest absolute Gasteiger partial charge is 0.341 e. The lowest BCUT2D eigenvalue weighted by Gasteiger charge is -2.11. The van der Waals surface area contributed by atoms with Gasteiger partial charge in [0.1, 0.15) is 17.9 Å². The molecule has 0 bridgehead atoms. The van der Waals surface area contributed by atoms with E-state index in [0.717, 1.165) is 0 Å². The van der Waals surface area contributed by atoms with E-state index in [1.807, 2.05) is 0 Å². The summed E-state index contributed by atoms with van der Waals surface area (Å²) < 4.78 is 59.2. The van der Waals surface area contributed by atoms with E-state index < -0.39 is 47.0 Å². The molecule has 2 aromatic carbocycles. The van der Waals surface area contributed by atoms with Crippen molar-refractivity contribution in [1.29, 1.82) is 0 Å². The minimum atomic E-state index is -2.10. The lowest BCUT2D eigenvalue weighted by atomic mass is 10.1. The molecule has 0 fully saturated rings. The van der Waals surface area contributed by atoms with Gasteiger partial charge in [-0.2, -0.15) is 0 Å². The standard InChI is InChI=1S/C14H8F4O3/c15-10-8(6-21-7-4-2-1-3-5-7)11(16)13(18)9(12(10)17)14(19)20/h1-5H,6H2,(H,19,20). The molecule has 110 valence electrons. The molecule has 0 aliphatic heterocycles. The third-order valence-corrected chi connectivity index (χ3v) is 2.69. The molecule has 0 atom stereocenters. The minimum Gasteiger partial charge on any atom is -0.489 e. The summed E-state index contributed by atoms with van der Waals surface area (Å²) in [6, 6.07) is 7.82. The Kier molecular flexibility index (Phi) is 4.11. The van der Waals surface area contributed by atoms with Crippen molar-refractivity contribution in [2.75, 3.05) is 0 Å². The van der Waals surface area contributed by atoms with E-state index in [1.165, 1.54) is 12.1 Å². The monoisotopic (exact) mass is 300 g/mol. The molecule has 0 radical (unpaired) electrons. The van der Waals surface area contributed by atoms with Crippen LogP contribution in [0.25, 0.3) is 0 Å². The number of carboxylic acids is 1. The van der Waals surface area contributed by atoms with Crippen LogP contribution in [0.5, 0.6) is 5.75 Å². The summed E-state index contributed by atoms with van der Waals surface area (Å²) in [6.45, 7) is -0.782. The molecule has 0 aromatic heterocycles. The van der Waals surface area contributed by atoms with E-state index in [0.29, 0.717) is 0 Å². The maximum atomic E-state index is 13.6. The number of rotatable bonds is 4. The van der Waals surface area contributed by atoms with Crippen LogP contribution in [0.15, 0.2) is 30.3 Å². The summed E-state index contributed by atoms with van der Waals surface area (Å²) >= 11 is 0. The van der Waals surface area contributed by atoms with Crippen LogP contribution in [0.2, 0.25) is 0 Å². The fraction of sp³-hybridized carbons (Fsp3) is 0.0714. The van der Waals surface area contributed by atoms with Crippen molar-refractivity contribution in [2.45, 2.75) is 6.61 Å². The molecular formula is C14H8F4O3. The van der Waals surface area contributed by atoms with Gasteiger partial charge in [0.05, 0.1) is 5.56 Å². The fourth-order valence-electron chi connectivity index (χ4n) is 1.66. The zero-order valence-corrected chi connectivity index (χ0v) is 10.4. The number of ether oxygens (including phenoxy) is 1. The maximum absolute atomic E-state index is 13.6. The quantitative estimate of drug-likeness (QED) is 0.694. The highest BCUT2D eigenvalue weighted by atomic mass is 19.2. The summed E-state index contributed by atoms with van der Waals surface area (Å²) in [5.41, 5.74) is -2.69. The first kappa shape index (κ1) is 14.8. The van der Waals surface area contributed by atoms with Crippen LogP contribution in [-0.2, 0) is 6.61 Å². The molecule has 0 aliphatic rings. The molecule has 0 amide bonds. The number of para-hydroxylation sites is 1. The van der Waals surface area contributed by atoms with Gasteiger partial charge < -0.3 is 9.84 Å². The molecule has 2 rings (SSSR count). The first-order valence-electron chi connectivity index (χ1n) is 5.69. The molecule has 3 nitrogen and oxygen atoms in total. The molecule has 7 heteroatoms. The highest BCUT2D eigenvalue weighted by Crippen LogP contribution is 2.25. The van der Waals surface area contributed by atoms with E-state index in [2.05, 4.69) is 0 Å². The highest BCUT2D eigenvalue weighted by molar-refractivity contribution is 5.88. The van der Waals surface area contributed by atoms with Crippen LogP contribution in [-0.4, -0.2) is 11.1 Å². The largest absolute Gasteiger partial charge is 0.489 e. The first-order chi connectivity index (χ1) is 9.93. The molecule has 0 heterocycles. The zero-order chi connectivity index (χ0) is 15.6. The number of hydrogen-bond donors (Lipinski definition) is 1. The van der Waals surface area contributed by atoms with Crippen molar-refractivity contribution in [1.82, 2.24) is 0 Å². The molecule has 1 N–H and O–H groups in total. The van der Waals surface area contributed by atoms with Crippen LogP contribution in [0.1, 0.15) is 15.9 Å². The van der Waals surface area contributed by atoms with E-state index in [-0.39, 0.29) is 5.75 Å². The summed E-state index contributed by atoms with van der Waals surface area (Å²) in [5.74, 6) is -9.37. The average molecular weight is 300 g/mol. The van der Waals surface area contributed by atoms with Crippen LogP contribution in [0.4, 0.5) is 17.6 Å². The Morgan fingerprint density at radius 1 is 0.952 bits per heavy atom. The molecule has 2 aromatic rings. The van der Waals surface area contributed by atoms with Gasteiger partial charge in [-0.15, -0.1) is 0 Å². The molecule has 0 saturated heterocycles. The van der Waals surface area contributed by atoms with Gasteiger partial charge in [0, 0.05) is 0 Å². The Morgan fingerprint density at radius 2 is 1.48 bits per heavy atom. The normalized spacial score (nSPS) is 10.5. The molecular weight excluding hydrogens is 292 g/mol. The number of benzene rings is 2. The van der Waals surface area contributed by atoms with Crippen molar-refractivity contribution in [3.8, 4) is 5.75 Å².